The van der Waals surface area contributed by atoms with E-state index in [4.69, 9.17) is 9.47 Å². The van der Waals surface area contributed by atoms with Crippen LogP contribution in [0.2, 0.25) is 0 Å². The van der Waals surface area contributed by atoms with E-state index in [1.54, 1.807) is 21.3 Å². The number of imide groups is 1. The third-order valence-corrected chi connectivity index (χ3v) is 11.6. The minimum Gasteiger partial charge on any atom is -0.379 e. The highest BCUT2D eigenvalue weighted by molar-refractivity contribution is 6.00. The largest absolute Gasteiger partial charge is 0.379 e. The summed E-state index contributed by atoms with van der Waals surface area (Å²) in [6.07, 6.45) is 9.11. The zero-order chi connectivity index (χ0) is 40.1. The molecule has 54 heavy (non-hydrogen) atoms. The van der Waals surface area contributed by atoms with Crippen LogP contribution in [-0.4, -0.2) is 111 Å². The Bertz CT molecular complexity index is 1430. The second-order valence-corrected chi connectivity index (χ2v) is 16.0. The van der Waals surface area contributed by atoms with Gasteiger partial charge in [0.15, 0.2) is 0 Å². The molecule has 1 saturated heterocycles. The molecule has 0 aromatic heterocycles. The van der Waals surface area contributed by atoms with Crippen molar-refractivity contribution in [1.82, 2.24) is 25.8 Å². The van der Waals surface area contributed by atoms with Gasteiger partial charge in [0.1, 0.15) is 0 Å². The molecule has 11 heteroatoms. The van der Waals surface area contributed by atoms with Gasteiger partial charge in [0.05, 0.1) is 48.7 Å². The second kappa shape index (κ2) is 21.6. The molecule has 0 unspecified atom stereocenters. The van der Waals surface area contributed by atoms with Gasteiger partial charge in [0.25, 0.3) is 0 Å². The summed E-state index contributed by atoms with van der Waals surface area (Å²) in [5, 5.41) is 8.99. The lowest BCUT2D eigenvalue weighted by atomic mass is 9.87. The smallest absolute Gasteiger partial charge is 0.244 e. The first-order valence-electron chi connectivity index (χ1n) is 20.0. The summed E-state index contributed by atoms with van der Waals surface area (Å²) in [5.41, 5.74) is 2.31. The molecule has 302 valence electrons. The van der Waals surface area contributed by atoms with Crippen molar-refractivity contribution < 1.29 is 28.7 Å². The lowest BCUT2D eigenvalue weighted by Gasteiger charge is -2.43. The van der Waals surface area contributed by atoms with Crippen LogP contribution in [0.5, 0.6) is 0 Å². The van der Waals surface area contributed by atoms with Crippen LogP contribution in [0.25, 0.3) is 0 Å². The Balaban J connectivity index is 1.79. The number of ether oxygens (including phenoxy) is 2. The minimum atomic E-state index is -0.636. The molecule has 1 heterocycles. The molecule has 4 amide bonds. The quantitative estimate of drug-likeness (QED) is 0.162. The van der Waals surface area contributed by atoms with Crippen molar-refractivity contribution in [2.75, 3.05) is 34.9 Å². The molecule has 1 aliphatic carbocycles. The van der Waals surface area contributed by atoms with Gasteiger partial charge in [0.2, 0.25) is 23.6 Å². The van der Waals surface area contributed by atoms with Crippen LogP contribution < -0.4 is 16.0 Å². The number of rotatable bonds is 21. The number of hydrogen-bond donors (Lipinski definition) is 3. The Morgan fingerprint density at radius 1 is 0.944 bits per heavy atom. The monoisotopic (exact) mass is 752 g/mol. The predicted octanol–water partition coefficient (Wildman–Crippen LogP) is 4.91. The first kappa shape index (κ1) is 45.0. The summed E-state index contributed by atoms with van der Waals surface area (Å²) in [7, 11) is 6.84. The van der Waals surface area contributed by atoms with Gasteiger partial charge < -0.3 is 25.0 Å². The summed E-state index contributed by atoms with van der Waals surface area (Å²) in [6, 6.07) is 8.31. The van der Waals surface area contributed by atoms with Gasteiger partial charge in [-0.15, -0.1) is 0 Å². The lowest BCUT2D eigenvalue weighted by molar-refractivity contribution is -0.144. The van der Waals surface area contributed by atoms with E-state index in [1.807, 2.05) is 75.7 Å². The SMILES string of the molecule is CC[C@H](C)[C@@H]([C@@H](CC(=O)N1CCC[C@H]1[C@H](OC)[C@@H](C)C(=O)N[C@@H](Cc1ccccc1)C1=CC=CC1)OC)N(C)[C@H](C(=O)NC(=O)[C@@H](NC)C(C)C)C(C)C. The van der Waals surface area contributed by atoms with Crippen molar-refractivity contribution in [1.29, 1.82) is 0 Å². The molecule has 11 nitrogen and oxygen atoms in total. The van der Waals surface area contributed by atoms with Crippen LogP contribution in [-0.2, 0) is 35.1 Å². The van der Waals surface area contributed by atoms with E-state index in [0.29, 0.717) is 13.0 Å². The number of carbonyl (C=O) groups is 4. The van der Waals surface area contributed by atoms with E-state index in [0.717, 1.165) is 31.2 Å². The Hall–Kier alpha value is -3.38. The Kier molecular flexibility index (Phi) is 18.0. The number of nitrogens with zero attached hydrogens (tertiary/aromatic N) is 2. The lowest BCUT2D eigenvalue weighted by Crippen LogP contribution is -2.60. The average Bonchev–Trinajstić information content (AvgIpc) is 3.85. The number of methoxy groups -OCH3 is 2. The maximum absolute atomic E-state index is 14.3. The molecule has 0 spiro atoms. The normalized spacial score (nSPS) is 20.3. The topological polar surface area (TPSA) is 129 Å². The molecule has 1 aliphatic heterocycles. The zero-order valence-corrected chi connectivity index (χ0v) is 34.8. The molecule has 0 bridgehead atoms. The van der Waals surface area contributed by atoms with Gasteiger partial charge in [-0.1, -0.05) is 103 Å². The van der Waals surface area contributed by atoms with E-state index in [1.165, 1.54) is 5.57 Å². The number of nitrogens with one attached hydrogen (secondary N) is 3. The maximum Gasteiger partial charge on any atom is 0.244 e. The van der Waals surface area contributed by atoms with Gasteiger partial charge in [-0.3, -0.25) is 29.4 Å². The van der Waals surface area contributed by atoms with Crippen molar-refractivity contribution in [3.8, 4) is 0 Å². The Labute approximate surface area is 325 Å². The number of likely N-dealkylation sites (tertiary alicyclic amines) is 1. The molecule has 3 rings (SSSR count). The van der Waals surface area contributed by atoms with E-state index >= 15 is 0 Å². The van der Waals surface area contributed by atoms with Gasteiger partial charge in [-0.2, -0.15) is 0 Å². The first-order valence-corrected chi connectivity index (χ1v) is 20.0. The molecule has 1 aromatic rings. The summed E-state index contributed by atoms with van der Waals surface area (Å²) in [4.78, 5) is 59.0. The number of carbonyl (C=O) groups excluding carboxylic acids is 4. The minimum absolute atomic E-state index is 0.00273. The van der Waals surface area contributed by atoms with Crippen molar-refractivity contribution in [2.45, 2.75) is 129 Å². The van der Waals surface area contributed by atoms with E-state index < -0.39 is 30.2 Å². The van der Waals surface area contributed by atoms with Crippen molar-refractivity contribution in [3.63, 3.8) is 0 Å². The summed E-state index contributed by atoms with van der Waals surface area (Å²) in [6.45, 7) is 14.4. The van der Waals surface area contributed by atoms with E-state index in [9.17, 15) is 19.2 Å². The van der Waals surface area contributed by atoms with Crippen LogP contribution in [0.4, 0.5) is 0 Å². The molecule has 1 fully saturated rings. The fourth-order valence-electron chi connectivity index (χ4n) is 8.53. The van der Waals surface area contributed by atoms with Gasteiger partial charge >= 0.3 is 0 Å². The second-order valence-electron chi connectivity index (χ2n) is 16.0. The molecule has 0 radical (unpaired) electrons. The third-order valence-electron chi connectivity index (χ3n) is 11.6. The van der Waals surface area contributed by atoms with Crippen LogP contribution >= 0.6 is 0 Å². The summed E-state index contributed by atoms with van der Waals surface area (Å²) < 4.78 is 12.2. The summed E-state index contributed by atoms with van der Waals surface area (Å²) >= 11 is 0. The molecular weight excluding hydrogens is 683 g/mol. The molecule has 9 atom stereocenters. The third kappa shape index (κ3) is 11.6. The molecular formula is C43H69N5O6. The van der Waals surface area contributed by atoms with Crippen molar-refractivity contribution >= 4 is 23.6 Å². The highest BCUT2D eigenvalue weighted by Gasteiger charge is 2.43. The number of hydrogen-bond acceptors (Lipinski definition) is 8. The van der Waals surface area contributed by atoms with Crippen LogP contribution in [0.1, 0.15) is 86.1 Å². The van der Waals surface area contributed by atoms with Gasteiger partial charge in [-0.05, 0) is 68.7 Å². The molecule has 3 N–H and O–H groups in total. The Morgan fingerprint density at radius 2 is 1.63 bits per heavy atom. The average molecular weight is 752 g/mol. The fraction of sp³-hybridized carbons (Fsp3) is 0.674. The highest BCUT2D eigenvalue weighted by atomic mass is 16.5. The van der Waals surface area contributed by atoms with E-state index in [2.05, 4.69) is 54.1 Å². The van der Waals surface area contributed by atoms with Crippen LogP contribution in [0.15, 0.2) is 54.1 Å². The fourth-order valence-corrected chi connectivity index (χ4v) is 8.53. The van der Waals surface area contributed by atoms with Crippen LogP contribution in [0.3, 0.4) is 0 Å². The number of amides is 4. The Morgan fingerprint density at radius 3 is 2.17 bits per heavy atom. The number of benzene rings is 1. The first-order chi connectivity index (χ1) is 25.7. The number of likely N-dealkylation sites (N-methyl/N-ethyl adjacent to an activating group) is 2. The molecule has 2 aliphatic rings. The molecule has 1 aromatic carbocycles. The van der Waals surface area contributed by atoms with Gasteiger partial charge in [-0.25, -0.2) is 0 Å². The zero-order valence-electron chi connectivity index (χ0n) is 34.8. The van der Waals surface area contributed by atoms with Crippen molar-refractivity contribution in [2.24, 2.45) is 23.7 Å². The van der Waals surface area contributed by atoms with Gasteiger partial charge in [0, 0.05) is 26.8 Å². The van der Waals surface area contributed by atoms with Crippen molar-refractivity contribution in [3.05, 3.63) is 59.7 Å². The maximum atomic E-state index is 14.3. The highest BCUT2D eigenvalue weighted by Crippen LogP contribution is 2.31. The van der Waals surface area contributed by atoms with E-state index in [-0.39, 0.29) is 65.9 Å². The van der Waals surface area contributed by atoms with Crippen LogP contribution in [0, 0.1) is 23.7 Å². The standard InChI is InChI=1S/C43H69N5O6/c1-12-29(6)39(47(9)38(28(4)5)43(52)46-42(51)37(44-8)27(2)3)35(53-10)26-36(49)48-24-18-23-34(48)40(54-11)30(7)41(50)45-33(32-21-16-17-22-32)25-31-19-14-13-15-20-31/h13-17,19-21,27-30,33-35,37-40,44H,12,18,22-26H2,1-11H3,(H,45,50)(H,46,51,52)/t29-,30+,33-,34-,35+,37-,38-,39-,40+/m0/s1. The molecule has 0 saturated carbocycles. The summed E-state index contributed by atoms with van der Waals surface area (Å²) in [5.74, 6) is -1.46. The predicted molar refractivity (Wildman–Crippen MR) is 214 cm³/mol. The number of allylic oxidation sites excluding steroid dienone is 3.